The lowest BCUT2D eigenvalue weighted by Crippen LogP contribution is -2.23. The molecule has 1 aromatic heterocycles. The van der Waals surface area contributed by atoms with Gasteiger partial charge in [-0.1, -0.05) is 11.6 Å². The Bertz CT molecular complexity index is 387. The largest absolute Gasteiger partial charge is 0.456 e. The lowest BCUT2D eigenvalue weighted by molar-refractivity contribution is 0.00690. The standard InChI is InChI=1S/C10H11BrClNO2/c1-10(2,3)15-9(14)6-4-7(11)8(12)13-5-6/h4-5H,1-3H3. The molecule has 1 rings (SSSR count). The minimum Gasteiger partial charge on any atom is -0.456 e. The Morgan fingerprint density at radius 1 is 1.53 bits per heavy atom. The second-order valence-corrected chi connectivity index (χ2v) is 5.21. The first kappa shape index (κ1) is 12.5. The molecule has 0 saturated heterocycles. The Morgan fingerprint density at radius 2 is 2.13 bits per heavy atom. The summed E-state index contributed by atoms with van der Waals surface area (Å²) < 4.78 is 5.75. The van der Waals surface area contributed by atoms with Crippen molar-refractivity contribution < 1.29 is 9.53 Å². The highest BCUT2D eigenvalue weighted by Crippen LogP contribution is 2.21. The Balaban J connectivity index is 2.88. The first-order chi connectivity index (χ1) is 6.79. The summed E-state index contributed by atoms with van der Waals surface area (Å²) in [5, 5.41) is 0.322. The molecular formula is C10H11BrClNO2. The summed E-state index contributed by atoms with van der Waals surface area (Å²) >= 11 is 8.90. The van der Waals surface area contributed by atoms with Crippen LogP contribution in [0.1, 0.15) is 31.1 Å². The van der Waals surface area contributed by atoms with Gasteiger partial charge in [-0.25, -0.2) is 9.78 Å². The van der Waals surface area contributed by atoms with Crippen molar-refractivity contribution in [2.24, 2.45) is 0 Å². The van der Waals surface area contributed by atoms with E-state index in [1.165, 1.54) is 6.20 Å². The summed E-state index contributed by atoms with van der Waals surface area (Å²) in [5.74, 6) is -0.410. The molecule has 3 nitrogen and oxygen atoms in total. The van der Waals surface area contributed by atoms with Gasteiger partial charge in [-0.3, -0.25) is 0 Å². The molecule has 15 heavy (non-hydrogen) atoms. The number of carbonyl (C=O) groups excluding carboxylic acids is 1. The number of halogens is 2. The fourth-order valence-corrected chi connectivity index (χ4v) is 1.32. The second kappa shape index (κ2) is 4.49. The molecule has 82 valence electrons. The zero-order valence-electron chi connectivity index (χ0n) is 8.67. The van der Waals surface area contributed by atoms with Crippen LogP contribution in [0.15, 0.2) is 16.7 Å². The highest BCUT2D eigenvalue weighted by molar-refractivity contribution is 9.10. The molecule has 0 N–H and O–H groups in total. The second-order valence-electron chi connectivity index (χ2n) is 4.00. The van der Waals surface area contributed by atoms with Gasteiger partial charge >= 0.3 is 5.97 Å². The van der Waals surface area contributed by atoms with Gasteiger partial charge in [0.1, 0.15) is 10.8 Å². The molecule has 5 heteroatoms. The van der Waals surface area contributed by atoms with E-state index in [1.54, 1.807) is 6.07 Å². The van der Waals surface area contributed by atoms with Crippen molar-refractivity contribution in [3.8, 4) is 0 Å². The van der Waals surface area contributed by atoms with Crippen LogP contribution < -0.4 is 0 Å². The Hall–Kier alpha value is -0.610. The number of hydrogen-bond acceptors (Lipinski definition) is 3. The van der Waals surface area contributed by atoms with E-state index >= 15 is 0 Å². The van der Waals surface area contributed by atoms with Crippen LogP contribution in [0.5, 0.6) is 0 Å². The van der Waals surface area contributed by atoms with Gasteiger partial charge in [0.15, 0.2) is 0 Å². The van der Waals surface area contributed by atoms with Crippen LogP contribution in [-0.4, -0.2) is 16.6 Å². The van der Waals surface area contributed by atoms with Gasteiger partial charge in [-0.2, -0.15) is 0 Å². The molecule has 1 aromatic rings. The summed E-state index contributed by atoms with van der Waals surface area (Å²) in [5.41, 5.74) is -0.135. The molecule has 0 aliphatic rings. The lowest BCUT2D eigenvalue weighted by Gasteiger charge is -2.19. The van der Waals surface area contributed by atoms with Crippen LogP contribution in [0.3, 0.4) is 0 Å². The maximum Gasteiger partial charge on any atom is 0.340 e. The van der Waals surface area contributed by atoms with Crippen molar-refractivity contribution in [3.05, 3.63) is 27.5 Å². The van der Waals surface area contributed by atoms with E-state index in [0.29, 0.717) is 15.2 Å². The summed E-state index contributed by atoms with van der Waals surface area (Å²) in [4.78, 5) is 15.4. The van der Waals surface area contributed by atoms with Crippen molar-refractivity contribution >= 4 is 33.5 Å². The zero-order valence-corrected chi connectivity index (χ0v) is 11.0. The monoisotopic (exact) mass is 291 g/mol. The van der Waals surface area contributed by atoms with Gasteiger partial charge in [0.2, 0.25) is 0 Å². The van der Waals surface area contributed by atoms with E-state index in [1.807, 2.05) is 20.8 Å². The number of nitrogens with zero attached hydrogens (tertiary/aromatic N) is 1. The highest BCUT2D eigenvalue weighted by atomic mass is 79.9. The number of carbonyl (C=O) groups is 1. The van der Waals surface area contributed by atoms with Crippen LogP contribution in [0.4, 0.5) is 0 Å². The van der Waals surface area contributed by atoms with E-state index in [4.69, 9.17) is 16.3 Å². The molecule has 0 radical (unpaired) electrons. The van der Waals surface area contributed by atoms with E-state index in [9.17, 15) is 4.79 Å². The van der Waals surface area contributed by atoms with Gasteiger partial charge in [0.05, 0.1) is 10.0 Å². The van der Waals surface area contributed by atoms with Gasteiger partial charge < -0.3 is 4.74 Å². The molecule has 1 heterocycles. The average molecular weight is 293 g/mol. The maximum absolute atomic E-state index is 11.6. The van der Waals surface area contributed by atoms with Crippen LogP contribution in [0.25, 0.3) is 0 Å². The molecule has 0 aliphatic heterocycles. The van der Waals surface area contributed by atoms with Gasteiger partial charge in [-0.05, 0) is 42.8 Å². The molecule has 0 fully saturated rings. The smallest absolute Gasteiger partial charge is 0.340 e. The molecule has 0 saturated carbocycles. The summed E-state index contributed by atoms with van der Waals surface area (Å²) in [7, 11) is 0. The third-order valence-electron chi connectivity index (χ3n) is 1.43. The lowest BCUT2D eigenvalue weighted by atomic mass is 10.2. The predicted molar refractivity (Wildman–Crippen MR) is 62.1 cm³/mol. The maximum atomic E-state index is 11.6. The Labute approximate surface area is 102 Å². The Morgan fingerprint density at radius 3 is 2.60 bits per heavy atom. The normalized spacial score (nSPS) is 11.3. The highest BCUT2D eigenvalue weighted by Gasteiger charge is 2.18. The fraction of sp³-hybridized carbons (Fsp3) is 0.400. The topological polar surface area (TPSA) is 39.2 Å². The van der Waals surface area contributed by atoms with Crippen molar-refractivity contribution in [3.63, 3.8) is 0 Å². The molecule has 0 bridgehead atoms. The van der Waals surface area contributed by atoms with Crippen LogP contribution >= 0.6 is 27.5 Å². The third kappa shape index (κ3) is 3.80. The zero-order chi connectivity index (χ0) is 11.6. The summed E-state index contributed by atoms with van der Waals surface area (Å²) in [6.07, 6.45) is 1.39. The SMILES string of the molecule is CC(C)(C)OC(=O)c1cnc(Cl)c(Br)c1. The molecule has 0 unspecified atom stereocenters. The van der Waals surface area contributed by atoms with Crippen molar-refractivity contribution in [2.75, 3.05) is 0 Å². The van der Waals surface area contributed by atoms with Gasteiger partial charge in [0.25, 0.3) is 0 Å². The quantitative estimate of drug-likeness (QED) is 0.588. The molecule has 0 aromatic carbocycles. The van der Waals surface area contributed by atoms with Gasteiger partial charge in [0, 0.05) is 6.20 Å². The number of rotatable bonds is 1. The van der Waals surface area contributed by atoms with Crippen molar-refractivity contribution in [2.45, 2.75) is 26.4 Å². The van der Waals surface area contributed by atoms with E-state index < -0.39 is 11.6 Å². The predicted octanol–water partition coefficient (Wildman–Crippen LogP) is 3.45. The minimum absolute atomic E-state index is 0.322. The van der Waals surface area contributed by atoms with Gasteiger partial charge in [-0.15, -0.1) is 0 Å². The summed E-state index contributed by atoms with van der Waals surface area (Å²) in [6, 6.07) is 1.59. The first-order valence-corrected chi connectivity index (χ1v) is 5.51. The van der Waals surface area contributed by atoms with Crippen molar-refractivity contribution in [1.82, 2.24) is 4.98 Å². The number of pyridine rings is 1. The average Bonchev–Trinajstić information content (AvgIpc) is 2.06. The van der Waals surface area contributed by atoms with E-state index in [-0.39, 0.29) is 0 Å². The molecule has 0 atom stereocenters. The Kier molecular flexibility index (Phi) is 3.73. The van der Waals surface area contributed by atoms with Crippen LogP contribution in [-0.2, 0) is 4.74 Å². The molecule has 0 spiro atoms. The number of ether oxygens (including phenoxy) is 1. The summed E-state index contributed by atoms with van der Waals surface area (Å²) in [6.45, 7) is 5.43. The molecular weight excluding hydrogens is 281 g/mol. The van der Waals surface area contributed by atoms with Crippen LogP contribution in [0.2, 0.25) is 5.15 Å². The molecule has 0 aliphatic carbocycles. The number of hydrogen-bond donors (Lipinski definition) is 0. The van der Waals surface area contributed by atoms with E-state index in [2.05, 4.69) is 20.9 Å². The minimum atomic E-state index is -0.511. The third-order valence-corrected chi connectivity index (χ3v) is 2.56. The molecule has 0 amide bonds. The number of esters is 1. The van der Waals surface area contributed by atoms with Crippen molar-refractivity contribution in [1.29, 1.82) is 0 Å². The first-order valence-electron chi connectivity index (χ1n) is 4.34. The van der Waals surface area contributed by atoms with Crippen LogP contribution in [0, 0.1) is 0 Å². The number of aromatic nitrogens is 1. The van der Waals surface area contributed by atoms with E-state index in [0.717, 1.165) is 0 Å². The fourth-order valence-electron chi connectivity index (χ4n) is 0.870.